The molecule has 138 valence electrons. The number of alkyl halides is 3. The molecule has 1 N–H and O–H groups in total. The Bertz CT molecular complexity index is 925. The van der Waals surface area contributed by atoms with Crippen LogP contribution in [0.5, 0.6) is 0 Å². The summed E-state index contributed by atoms with van der Waals surface area (Å²) in [5.74, 6) is -0.103. The number of nitrogens with zero attached hydrogens (tertiary/aromatic N) is 1. The van der Waals surface area contributed by atoms with Gasteiger partial charge in [-0.15, -0.1) is 0 Å². The Balaban J connectivity index is 1.70. The molecule has 1 heterocycles. The van der Waals surface area contributed by atoms with Crippen LogP contribution in [-0.4, -0.2) is 31.3 Å². The van der Waals surface area contributed by atoms with Gasteiger partial charge in [-0.1, -0.05) is 30.3 Å². The van der Waals surface area contributed by atoms with Crippen LogP contribution in [0.3, 0.4) is 0 Å². The van der Waals surface area contributed by atoms with E-state index >= 15 is 0 Å². The smallest absolute Gasteiger partial charge is 0.334 e. The van der Waals surface area contributed by atoms with Crippen LogP contribution >= 0.6 is 0 Å². The van der Waals surface area contributed by atoms with E-state index in [1.54, 1.807) is 17.0 Å². The van der Waals surface area contributed by atoms with Crippen LogP contribution in [0, 0.1) is 0 Å². The molecule has 3 rings (SSSR count). The Morgan fingerprint density at radius 3 is 2.35 bits per heavy atom. The van der Waals surface area contributed by atoms with Gasteiger partial charge in [0.05, 0.1) is 0 Å². The lowest BCUT2D eigenvalue weighted by molar-refractivity contribution is -0.0429. The summed E-state index contributed by atoms with van der Waals surface area (Å²) in [7, 11) is -5.45. The number of sulfonamides is 1. The lowest BCUT2D eigenvalue weighted by Gasteiger charge is -2.28. The van der Waals surface area contributed by atoms with Crippen molar-refractivity contribution in [2.24, 2.45) is 0 Å². The van der Waals surface area contributed by atoms with Crippen molar-refractivity contribution >= 4 is 21.6 Å². The Morgan fingerprint density at radius 1 is 1.04 bits per heavy atom. The number of fused-ring (bicyclic) bond motifs is 1. The van der Waals surface area contributed by atoms with E-state index in [0.29, 0.717) is 24.2 Å². The van der Waals surface area contributed by atoms with Gasteiger partial charge in [-0.2, -0.15) is 21.6 Å². The standard InChI is InChI=1S/C17H15F3N2O3S/c18-17(19,20)26(24,25)21-14-7-5-12(6-8-14)11-22-10-9-13-3-1-2-4-15(13)16(22)23/h1-8,21H,9-11H2. The van der Waals surface area contributed by atoms with Gasteiger partial charge in [0.1, 0.15) is 0 Å². The van der Waals surface area contributed by atoms with Crippen LogP contribution in [0.2, 0.25) is 0 Å². The number of benzene rings is 2. The summed E-state index contributed by atoms with van der Waals surface area (Å²) in [4.78, 5) is 14.1. The van der Waals surface area contributed by atoms with Crippen molar-refractivity contribution in [1.82, 2.24) is 4.90 Å². The number of carbonyl (C=O) groups excluding carboxylic acids is 1. The molecule has 0 unspecified atom stereocenters. The molecule has 2 aromatic rings. The van der Waals surface area contributed by atoms with Crippen molar-refractivity contribution in [1.29, 1.82) is 0 Å². The second kappa shape index (κ2) is 6.64. The Kier molecular flexibility index (Phi) is 4.66. The minimum absolute atomic E-state index is 0.103. The van der Waals surface area contributed by atoms with Crippen molar-refractivity contribution < 1.29 is 26.4 Å². The van der Waals surface area contributed by atoms with Crippen LogP contribution in [0.15, 0.2) is 48.5 Å². The second-order valence-corrected chi connectivity index (χ2v) is 7.56. The molecule has 0 saturated carbocycles. The first-order valence-electron chi connectivity index (χ1n) is 7.72. The SMILES string of the molecule is O=C1c2ccccc2CCN1Cc1ccc(NS(=O)(=O)C(F)(F)F)cc1. The number of anilines is 1. The van der Waals surface area contributed by atoms with Gasteiger partial charge in [0.2, 0.25) is 0 Å². The lowest BCUT2D eigenvalue weighted by Crippen LogP contribution is -2.36. The number of rotatable bonds is 4. The topological polar surface area (TPSA) is 66.5 Å². The minimum Gasteiger partial charge on any atom is -0.334 e. The van der Waals surface area contributed by atoms with Gasteiger partial charge < -0.3 is 4.90 Å². The Hall–Kier alpha value is -2.55. The van der Waals surface area contributed by atoms with E-state index in [9.17, 15) is 26.4 Å². The summed E-state index contributed by atoms with van der Waals surface area (Å²) in [5, 5.41) is 0. The van der Waals surface area contributed by atoms with Crippen LogP contribution < -0.4 is 4.72 Å². The molecule has 0 saturated heterocycles. The molecule has 5 nitrogen and oxygen atoms in total. The fourth-order valence-electron chi connectivity index (χ4n) is 2.74. The summed E-state index contributed by atoms with van der Waals surface area (Å²) >= 11 is 0. The molecule has 9 heteroatoms. The first-order chi connectivity index (χ1) is 12.2. The Morgan fingerprint density at radius 2 is 1.69 bits per heavy atom. The maximum absolute atomic E-state index is 12.5. The van der Waals surface area contributed by atoms with Crippen LogP contribution in [-0.2, 0) is 23.0 Å². The molecule has 26 heavy (non-hydrogen) atoms. The molecular weight excluding hydrogens is 369 g/mol. The minimum atomic E-state index is -5.45. The van der Waals surface area contributed by atoms with Crippen molar-refractivity contribution in [3.05, 3.63) is 65.2 Å². The fraction of sp³-hybridized carbons (Fsp3) is 0.235. The quantitative estimate of drug-likeness (QED) is 0.881. The highest BCUT2D eigenvalue weighted by molar-refractivity contribution is 7.93. The predicted octanol–water partition coefficient (Wildman–Crippen LogP) is 3.15. The molecular formula is C17H15F3N2O3S. The van der Waals surface area contributed by atoms with Gasteiger partial charge in [0, 0.05) is 24.3 Å². The second-order valence-electron chi connectivity index (χ2n) is 5.88. The first-order valence-corrected chi connectivity index (χ1v) is 9.21. The molecule has 0 aromatic heterocycles. The molecule has 0 fully saturated rings. The normalized spacial score (nSPS) is 14.9. The molecule has 0 atom stereocenters. The van der Waals surface area contributed by atoms with E-state index in [1.807, 2.05) is 12.1 Å². The summed E-state index contributed by atoms with van der Waals surface area (Å²) in [5.41, 5.74) is -3.24. The summed E-state index contributed by atoms with van der Waals surface area (Å²) < 4.78 is 60.8. The highest BCUT2D eigenvalue weighted by Crippen LogP contribution is 2.26. The lowest BCUT2D eigenvalue weighted by atomic mass is 9.99. The first kappa shape index (κ1) is 18.2. The summed E-state index contributed by atoms with van der Waals surface area (Å²) in [6.45, 7) is 0.831. The van der Waals surface area contributed by atoms with Crippen molar-refractivity contribution in [2.75, 3.05) is 11.3 Å². The third-order valence-corrected chi connectivity index (χ3v) is 5.18. The van der Waals surface area contributed by atoms with Gasteiger partial charge in [-0.05, 0) is 35.7 Å². The zero-order valence-electron chi connectivity index (χ0n) is 13.5. The summed E-state index contributed by atoms with van der Waals surface area (Å²) in [6, 6.07) is 12.8. The number of nitrogens with one attached hydrogen (secondary N) is 1. The molecule has 0 spiro atoms. The third kappa shape index (κ3) is 3.67. The van der Waals surface area contributed by atoms with Crippen molar-refractivity contribution in [3.63, 3.8) is 0 Å². The summed E-state index contributed by atoms with van der Waals surface area (Å²) in [6.07, 6.45) is 0.728. The fourth-order valence-corrected chi connectivity index (χ4v) is 3.30. The maximum Gasteiger partial charge on any atom is 0.516 e. The third-order valence-electron chi connectivity index (χ3n) is 4.07. The van der Waals surface area contributed by atoms with E-state index < -0.39 is 15.5 Å². The molecule has 1 aliphatic heterocycles. The zero-order chi connectivity index (χ0) is 18.9. The number of amides is 1. The van der Waals surface area contributed by atoms with Crippen molar-refractivity contribution in [2.45, 2.75) is 18.5 Å². The molecule has 2 aromatic carbocycles. The van der Waals surface area contributed by atoms with E-state index in [-0.39, 0.29) is 11.6 Å². The van der Waals surface area contributed by atoms with Crippen molar-refractivity contribution in [3.8, 4) is 0 Å². The van der Waals surface area contributed by atoms with E-state index in [2.05, 4.69) is 0 Å². The molecule has 0 aliphatic carbocycles. The van der Waals surface area contributed by atoms with Gasteiger partial charge in [-0.3, -0.25) is 9.52 Å². The molecule has 0 radical (unpaired) electrons. The van der Waals surface area contributed by atoms with Crippen LogP contribution in [0.25, 0.3) is 0 Å². The maximum atomic E-state index is 12.5. The predicted molar refractivity (Wildman–Crippen MR) is 89.9 cm³/mol. The average molecular weight is 384 g/mol. The van der Waals surface area contributed by atoms with Gasteiger partial charge in [0.15, 0.2) is 0 Å². The van der Waals surface area contributed by atoms with Crippen LogP contribution in [0.4, 0.5) is 18.9 Å². The van der Waals surface area contributed by atoms with E-state index in [1.165, 1.54) is 29.0 Å². The monoisotopic (exact) mass is 384 g/mol. The van der Waals surface area contributed by atoms with Gasteiger partial charge >= 0.3 is 15.5 Å². The van der Waals surface area contributed by atoms with E-state index in [4.69, 9.17) is 0 Å². The number of hydrogen-bond donors (Lipinski definition) is 1. The average Bonchev–Trinajstić information content (AvgIpc) is 2.58. The van der Waals surface area contributed by atoms with Gasteiger partial charge in [0.25, 0.3) is 5.91 Å². The van der Waals surface area contributed by atoms with Gasteiger partial charge in [-0.25, -0.2) is 0 Å². The largest absolute Gasteiger partial charge is 0.516 e. The molecule has 1 amide bonds. The van der Waals surface area contributed by atoms with E-state index in [0.717, 1.165) is 12.0 Å². The number of carbonyl (C=O) groups is 1. The number of halogens is 3. The molecule has 0 bridgehead atoms. The zero-order valence-corrected chi connectivity index (χ0v) is 14.3. The molecule has 1 aliphatic rings. The highest BCUT2D eigenvalue weighted by atomic mass is 32.2. The van der Waals surface area contributed by atoms with Crippen LogP contribution in [0.1, 0.15) is 21.5 Å². The highest BCUT2D eigenvalue weighted by Gasteiger charge is 2.46. The Labute approximate surface area is 148 Å². The number of hydrogen-bond acceptors (Lipinski definition) is 3.